The smallest absolute Gasteiger partial charge is 0.0434 e. The van der Waals surface area contributed by atoms with Crippen LogP contribution in [-0.2, 0) is 5.41 Å². The first-order valence-corrected chi connectivity index (χ1v) is 20.4. The molecular weight excluding hydrogens is 693 g/mol. The maximum Gasteiger partial charge on any atom is 0.0434 e. The van der Waals surface area contributed by atoms with Crippen LogP contribution in [0, 0.1) is 0 Å². The van der Waals surface area contributed by atoms with Crippen LogP contribution >= 0.6 is 11.3 Å². The molecule has 0 amide bonds. The molecule has 262 valence electrons. The molecular formula is C55H36S. The molecule has 0 saturated heterocycles. The Labute approximate surface area is 329 Å². The van der Waals surface area contributed by atoms with Gasteiger partial charge in [-0.25, -0.2) is 0 Å². The topological polar surface area (TPSA) is 0 Å². The van der Waals surface area contributed by atoms with E-state index in [1.165, 1.54) is 119 Å². The summed E-state index contributed by atoms with van der Waals surface area (Å²) in [6.45, 7) is 4.87. The molecule has 0 spiro atoms. The summed E-state index contributed by atoms with van der Waals surface area (Å²) in [6, 6.07) is 68.1. The molecule has 56 heavy (non-hydrogen) atoms. The highest BCUT2D eigenvalue weighted by molar-refractivity contribution is 7.26. The van der Waals surface area contributed by atoms with Crippen molar-refractivity contribution in [1.29, 1.82) is 0 Å². The van der Waals surface area contributed by atoms with Gasteiger partial charge < -0.3 is 0 Å². The van der Waals surface area contributed by atoms with Crippen molar-refractivity contribution in [2.75, 3.05) is 0 Å². The first-order chi connectivity index (χ1) is 27.6. The van der Waals surface area contributed by atoms with Crippen LogP contribution in [0.15, 0.2) is 182 Å². The SMILES string of the molecule is CC1(C)c2c(-c3cccc(-c4c5ccccc5c(-c5cccc6c5sc5ccccc56)c5ccccc45)c3)cccc2-c2c1c1ccccc1c1ccccc21. The Morgan fingerprint density at radius 2 is 0.786 bits per heavy atom. The minimum Gasteiger partial charge on any atom is -0.135 e. The molecule has 0 radical (unpaired) electrons. The first-order valence-electron chi connectivity index (χ1n) is 19.6. The maximum absolute atomic E-state index is 2.45. The number of fused-ring (bicyclic) bond motifs is 13. The van der Waals surface area contributed by atoms with Gasteiger partial charge in [-0.05, 0) is 105 Å². The lowest BCUT2D eigenvalue weighted by molar-refractivity contribution is 0.668. The predicted octanol–water partition coefficient (Wildman–Crippen LogP) is 16.0. The summed E-state index contributed by atoms with van der Waals surface area (Å²) in [5, 5.41) is 13.1. The number of benzene rings is 10. The fourth-order valence-corrected chi connectivity index (χ4v) is 11.6. The quantitative estimate of drug-likeness (QED) is 0.126. The van der Waals surface area contributed by atoms with Crippen molar-refractivity contribution < 1.29 is 0 Å². The fraction of sp³-hybridized carbons (Fsp3) is 0.0545. The van der Waals surface area contributed by atoms with Crippen molar-refractivity contribution in [3.63, 3.8) is 0 Å². The predicted molar refractivity (Wildman–Crippen MR) is 243 cm³/mol. The van der Waals surface area contributed by atoms with Gasteiger partial charge in [0.1, 0.15) is 0 Å². The maximum atomic E-state index is 2.45. The minimum absolute atomic E-state index is 0.199. The molecule has 0 N–H and O–H groups in total. The molecule has 12 rings (SSSR count). The third-order valence-electron chi connectivity index (χ3n) is 12.6. The van der Waals surface area contributed by atoms with E-state index in [9.17, 15) is 0 Å². The van der Waals surface area contributed by atoms with Crippen molar-refractivity contribution in [3.05, 3.63) is 193 Å². The Morgan fingerprint density at radius 3 is 1.48 bits per heavy atom. The number of thiophene rings is 1. The van der Waals surface area contributed by atoms with Gasteiger partial charge in [0, 0.05) is 31.2 Å². The van der Waals surface area contributed by atoms with Crippen LogP contribution in [0.25, 0.3) is 108 Å². The summed E-state index contributed by atoms with van der Waals surface area (Å²) in [5.41, 5.74) is 13.1. The molecule has 0 bridgehead atoms. The lowest BCUT2D eigenvalue weighted by Gasteiger charge is -2.26. The summed E-state index contributed by atoms with van der Waals surface area (Å²) in [7, 11) is 0. The van der Waals surface area contributed by atoms with E-state index in [1.54, 1.807) is 0 Å². The highest BCUT2D eigenvalue weighted by Crippen LogP contribution is 2.57. The zero-order chi connectivity index (χ0) is 37.1. The molecule has 0 nitrogen and oxygen atoms in total. The first kappa shape index (κ1) is 31.8. The molecule has 10 aromatic carbocycles. The molecule has 1 aliphatic carbocycles. The third-order valence-corrected chi connectivity index (χ3v) is 13.8. The molecule has 0 saturated carbocycles. The Morgan fingerprint density at radius 1 is 0.321 bits per heavy atom. The zero-order valence-electron chi connectivity index (χ0n) is 31.2. The van der Waals surface area contributed by atoms with Gasteiger partial charge in [0.25, 0.3) is 0 Å². The number of hydrogen-bond acceptors (Lipinski definition) is 1. The van der Waals surface area contributed by atoms with Crippen LogP contribution in [0.5, 0.6) is 0 Å². The largest absolute Gasteiger partial charge is 0.135 e. The Hall–Kier alpha value is -6.54. The van der Waals surface area contributed by atoms with Crippen LogP contribution in [0.4, 0.5) is 0 Å². The Bertz CT molecular complexity index is 3390. The van der Waals surface area contributed by atoms with Gasteiger partial charge >= 0.3 is 0 Å². The summed E-state index contributed by atoms with van der Waals surface area (Å²) < 4.78 is 2.68. The van der Waals surface area contributed by atoms with Gasteiger partial charge in [-0.1, -0.05) is 184 Å². The van der Waals surface area contributed by atoms with E-state index >= 15 is 0 Å². The molecule has 1 aromatic heterocycles. The molecule has 0 aliphatic heterocycles. The lowest BCUT2D eigenvalue weighted by atomic mass is 9.76. The van der Waals surface area contributed by atoms with Gasteiger partial charge in [0.2, 0.25) is 0 Å². The molecule has 1 aliphatic rings. The zero-order valence-corrected chi connectivity index (χ0v) is 32.0. The number of hydrogen-bond donors (Lipinski definition) is 0. The summed E-state index contributed by atoms with van der Waals surface area (Å²) >= 11 is 1.91. The van der Waals surface area contributed by atoms with Crippen molar-refractivity contribution in [1.82, 2.24) is 0 Å². The number of rotatable bonds is 3. The lowest BCUT2D eigenvalue weighted by Crippen LogP contribution is -2.17. The van der Waals surface area contributed by atoms with Gasteiger partial charge in [0.05, 0.1) is 0 Å². The van der Waals surface area contributed by atoms with Gasteiger partial charge in [-0.15, -0.1) is 11.3 Å². The van der Waals surface area contributed by atoms with E-state index in [2.05, 4.69) is 196 Å². The summed E-state index contributed by atoms with van der Waals surface area (Å²) in [6.07, 6.45) is 0. The highest BCUT2D eigenvalue weighted by atomic mass is 32.1. The molecule has 11 aromatic rings. The Balaban J connectivity index is 1.10. The highest BCUT2D eigenvalue weighted by Gasteiger charge is 2.40. The molecule has 0 atom stereocenters. The molecule has 1 heterocycles. The van der Waals surface area contributed by atoms with Crippen LogP contribution in [-0.4, -0.2) is 0 Å². The van der Waals surface area contributed by atoms with Crippen molar-refractivity contribution in [3.8, 4) is 44.5 Å². The van der Waals surface area contributed by atoms with Crippen LogP contribution in [0.2, 0.25) is 0 Å². The van der Waals surface area contributed by atoms with Gasteiger partial charge in [0.15, 0.2) is 0 Å². The van der Waals surface area contributed by atoms with Crippen LogP contribution < -0.4 is 0 Å². The van der Waals surface area contributed by atoms with E-state index in [-0.39, 0.29) is 5.41 Å². The van der Waals surface area contributed by atoms with E-state index in [1.807, 2.05) is 11.3 Å². The second kappa shape index (κ2) is 11.7. The molecule has 1 heteroatoms. The second-order valence-electron chi connectivity index (χ2n) is 15.9. The van der Waals surface area contributed by atoms with E-state index in [0.29, 0.717) is 0 Å². The molecule has 0 fully saturated rings. The average molecular weight is 729 g/mol. The van der Waals surface area contributed by atoms with E-state index in [0.717, 1.165) is 0 Å². The minimum atomic E-state index is -0.199. The second-order valence-corrected chi connectivity index (χ2v) is 16.9. The van der Waals surface area contributed by atoms with Crippen molar-refractivity contribution >= 4 is 74.6 Å². The monoisotopic (exact) mass is 728 g/mol. The summed E-state index contributed by atoms with van der Waals surface area (Å²) in [5.74, 6) is 0. The molecule has 0 unspecified atom stereocenters. The normalized spacial score (nSPS) is 13.3. The fourth-order valence-electron chi connectivity index (χ4n) is 10.4. The van der Waals surface area contributed by atoms with Gasteiger partial charge in [-0.3, -0.25) is 0 Å². The van der Waals surface area contributed by atoms with E-state index < -0.39 is 0 Å². The third kappa shape index (κ3) is 4.29. The Kier molecular flexibility index (Phi) is 6.66. The standard InChI is InChI=1S/C55H36S/c1-55(2)52-35(27-14-29-46(52)51-39-21-5-3-18-36(39)37-19-4-10-26-44(37)53(51)55)33-16-13-17-34(32-33)49-40-22-6-8-24-42(40)50(43-25-9-7-23-41(43)49)47-30-15-28-45-38-20-11-12-31-48(38)56-54(45)47/h3-32H,1-2H3. The van der Waals surface area contributed by atoms with Crippen molar-refractivity contribution in [2.45, 2.75) is 19.3 Å². The van der Waals surface area contributed by atoms with Crippen molar-refractivity contribution in [2.24, 2.45) is 0 Å². The van der Waals surface area contributed by atoms with E-state index in [4.69, 9.17) is 0 Å². The average Bonchev–Trinajstić information content (AvgIpc) is 3.75. The van der Waals surface area contributed by atoms with Crippen LogP contribution in [0.3, 0.4) is 0 Å². The summed E-state index contributed by atoms with van der Waals surface area (Å²) in [4.78, 5) is 0. The van der Waals surface area contributed by atoms with Crippen LogP contribution in [0.1, 0.15) is 25.0 Å². The van der Waals surface area contributed by atoms with Gasteiger partial charge in [-0.2, -0.15) is 0 Å².